The summed E-state index contributed by atoms with van der Waals surface area (Å²) in [6.45, 7) is 3.91. The number of hydrogen-bond acceptors (Lipinski definition) is 7. The van der Waals surface area contributed by atoms with Gasteiger partial charge in [-0.1, -0.05) is 24.3 Å². The predicted molar refractivity (Wildman–Crippen MR) is 93.1 cm³/mol. The van der Waals surface area contributed by atoms with E-state index in [-0.39, 0.29) is 41.5 Å². The summed E-state index contributed by atoms with van der Waals surface area (Å²) in [5, 5.41) is 17.2. The third-order valence-electron chi connectivity index (χ3n) is 3.37. The smallest absolute Gasteiger partial charge is 0.541 e. The molecule has 0 radical (unpaired) electrons. The van der Waals surface area contributed by atoms with Crippen molar-refractivity contribution in [1.29, 1.82) is 0 Å². The molecule has 3 rings (SSSR count). The van der Waals surface area contributed by atoms with E-state index in [1.165, 1.54) is 0 Å². The maximum atomic E-state index is 11.2. The van der Waals surface area contributed by atoms with Gasteiger partial charge in [0.15, 0.2) is 5.82 Å². The van der Waals surface area contributed by atoms with Gasteiger partial charge in [0.25, 0.3) is 0 Å². The molecule has 7 nitrogen and oxygen atoms in total. The minimum atomic E-state index is -1.47. The molecular formula is C18H16N5NaO2. The Morgan fingerprint density at radius 2 is 1.31 bits per heavy atom. The van der Waals surface area contributed by atoms with Crippen LogP contribution < -0.4 is 45.3 Å². The van der Waals surface area contributed by atoms with E-state index < -0.39 is 11.8 Å². The molecule has 2 N–H and O–H groups in total. The first-order valence-electron chi connectivity index (χ1n) is 7.64. The molecule has 126 valence electrons. The van der Waals surface area contributed by atoms with Crippen molar-refractivity contribution < 1.29 is 39.5 Å². The van der Waals surface area contributed by atoms with Crippen molar-refractivity contribution >= 4 is 29.2 Å². The van der Waals surface area contributed by atoms with Gasteiger partial charge in [-0.3, -0.25) is 0 Å². The number of benzene rings is 2. The molecule has 0 saturated heterocycles. The van der Waals surface area contributed by atoms with Gasteiger partial charge >= 0.3 is 29.6 Å². The number of carbonyl (C=O) groups is 1. The molecule has 8 heteroatoms. The quantitative estimate of drug-likeness (QED) is 0.585. The van der Waals surface area contributed by atoms with Crippen LogP contribution in [0.25, 0.3) is 0 Å². The number of aromatic nitrogens is 3. The van der Waals surface area contributed by atoms with E-state index in [0.29, 0.717) is 0 Å². The molecule has 3 aromatic rings. The second-order valence-electron chi connectivity index (χ2n) is 5.58. The van der Waals surface area contributed by atoms with Gasteiger partial charge in [0.2, 0.25) is 11.9 Å². The van der Waals surface area contributed by atoms with Gasteiger partial charge in [-0.25, -0.2) is 0 Å². The zero-order valence-electron chi connectivity index (χ0n) is 14.8. The second kappa shape index (κ2) is 8.75. The fourth-order valence-corrected chi connectivity index (χ4v) is 2.28. The van der Waals surface area contributed by atoms with Crippen LogP contribution in [0.2, 0.25) is 0 Å². The van der Waals surface area contributed by atoms with E-state index in [9.17, 15) is 9.90 Å². The summed E-state index contributed by atoms with van der Waals surface area (Å²) in [5.74, 6) is -1.67. The molecule has 1 heterocycles. The molecule has 0 bridgehead atoms. The summed E-state index contributed by atoms with van der Waals surface area (Å²) in [6.07, 6.45) is 0. The number of nitrogens with zero attached hydrogens (tertiary/aromatic N) is 3. The van der Waals surface area contributed by atoms with Crippen molar-refractivity contribution in [2.24, 2.45) is 0 Å². The van der Waals surface area contributed by atoms with Gasteiger partial charge in [0, 0.05) is 11.4 Å². The second-order valence-corrected chi connectivity index (χ2v) is 5.58. The summed E-state index contributed by atoms with van der Waals surface area (Å²) >= 11 is 0. The van der Waals surface area contributed by atoms with Crippen molar-refractivity contribution in [2.75, 3.05) is 10.6 Å². The molecule has 26 heavy (non-hydrogen) atoms. The summed E-state index contributed by atoms with van der Waals surface area (Å²) in [6, 6.07) is 15.1. The Hall–Kier alpha value is -2.48. The Bertz CT molecular complexity index is 867. The molecule has 0 aliphatic carbocycles. The number of aryl methyl sites for hydroxylation is 2. The Morgan fingerprint density at radius 1 is 0.846 bits per heavy atom. The average molecular weight is 357 g/mol. The molecule has 0 amide bonds. The first-order valence-corrected chi connectivity index (χ1v) is 7.64. The average Bonchev–Trinajstić information content (AvgIpc) is 2.54. The molecule has 0 unspecified atom stereocenters. The molecule has 0 aliphatic rings. The predicted octanol–water partition coefficient (Wildman–Crippen LogP) is -0.657. The Balaban J connectivity index is 0.00000243. The summed E-state index contributed by atoms with van der Waals surface area (Å²) in [7, 11) is 0. The Kier molecular flexibility index (Phi) is 6.68. The number of aromatic carboxylic acids is 1. The molecule has 0 saturated carbocycles. The van der Waals surface area contributed by atoms with Crippen molar-refractivity contribution in [2.45, 2.75) is 13.8 Å². The number of anilines is 4. The minimum absolute atomic E-state index is 0. The first kappa shape index (κ1) is 19.8. The van der Waals surface area contributed by atoms with E-state index in [4.69, 9.17) is 0 Å². The third kappa shape index (κ3) is 5.26. The third-order valence-corrected chi connectivity index (χ3v) is 3.37. The number of hydrogen-bond donors (Lipinski definition) is 2. The fourth-order valence-electron chi connectivity index (χ4n) is 2.28. The Labute approximate surface area is 173 Å². The van der Waals surface area contributed by atoms with Crippen LogP contribution in [0.3, 0.4) is 0 Å². The fraction of sp³-hybridized carbons (Fsp3) is 0.111. The van der Waals surface area contributed by atoms with Crippen molar-refractivity contribution in [3.8, 4) is 0 Å². The van der Waals surface area contributed by atoms with Crippen molar-refractivity contribution in [3.63, 3.8) is 0 Å². The SMILES string of the molecule is Cc1cccc(Nc2nc(Nc3cccc(C)c3)nc(C(=O)[O-])n2)c1.[Na+]. The van der Waals surface area contributed by atoms with E-state index in [0.717, 1.165) is 22.5 Å². The van der Waals surface area contributed by atoms with Crippen LogP contribution >= 0.6 is 0 Å². The summed E-state index contributed by atoms with van der Waals surface area (Å²) in [4.78, 5) is 23.2. The number of rotatable bonds is 5. The topological polar surface area (TPSA) is 103 Å². The maximum Gasteiger partial charge on any atom is 1.00 e. The zero-order valence-corrected chi connectivity index (χ0v) is 16.8. The molecule has 2 aromatic carbocycles. The number of nitrogens with one attached hydrogen (secondary N) is 2. The van der Waals surface area contributed by atoms with E-state index in [2.05, 4.69) is 25.6 Å². The molecule has 0 spiro atoms. The van der Waals surface area contributed by atoms with Gasteiger partial charge < -0.3 is 20.5 Å². The first-order chi connectivity index (χ1) is 12.0. The van der Waals surface area contributed by atoms with E-state index in [1.807, 2.05) is 62.4 Å². The van der Waals surface area contributed by atoms with Crippen LogP contribution in [0.1, 0.15) is 21.7 Å². The number of carbonyl (C=O) groups excluding carboxylic acids is 1. The van der Waals surface area contributed by atoms with Crippen molar-refractivity contribution in [3.05, 3.63) is 65.5 Å². The van der Waals surface area contributed by atoms with Crippen molar-refractivity contribution in [1.82, 2.24) is 15.0 Å². The maximum absolute atomic E-state index is 11.2. The van der Waals surface area contributed by atoms with Crippen LogP contribution in [0.4, 0.5) is 23.3 Å². The summed E-state index contributed by atoms with van der Waals surface area (Å²) < 4.78 is 0. The van der Waals surface area contributed by atoms with E-state index in [1.54, 1.807) is 0 Å². The summed E-state index contributed by atoms with van der Waals surface area (Å²) in [5.41, 5.74) is 3.60. The number of carboxylic acids is 1. The standard InChI is InChI=1S/C18H17N5O2.Na/c1-11-5-3-7-13(9-11)19-17-21-15(16(24)25)22-18(23-17)20-14-8-4-6-12(2)10-14;/h3-10H,1-2H3,(H,24,25)(H2,19,20,21,22,23);/q;+1/p-1. The van der Waals surface area contributed by atoms with Gasteiger partial charge in [-0.15, -0.1) is 0 Å². The molecule has 1 aromatic heterocycles. The minimum Gasteiger partial charge on any atom is -0.541 e. The van der Waals surface area contributed by atoms with Crippen LogP contribution in [-0.2, 0) is 0 Å². The van der Waals surface area contributed by atoms with Crippen LogP contribution in [0.5, 0.6) is 0 Å². The van der Waals surface area contributed by atoms with Crippen LogP contribution in [-0.4, -0.2) is 20.9 Å². The van der Waals surface area contributed by atoms with Crippen LogP contribution in [0.15, 0.2) is 48.5 Å². The van der Waals surface area contributed by atoms with Crippen LogP contribution in [0, 0.1) is 13.8 Å². The Morgan fingerprint density at radius 3 is 1.69 bits per heavy atom. The molecular weight excluding hydrogens is 341 g/mol. The monoisotopic (exact) mass is 357 g/mol. The van der Waals surface area contributed by atoms with Gasteiger partial charge in [0.05, 0.1) is 0 Å². The van der Waals surface area contributed by atoms with Gasteiger partial charge in [-0.05, 0) is 49.2 Å². The molecule has 0 aliphatic heterocycles. The normalized spacial score (nSPS) is 9.92. The molecule has 0 fully saturated rings. The number of carboxylic acid groups (broad SMARTS) is 1. The van der Waals surface area contributed by atoms with E-state index >= 15 is 0 Å². The largest absolute Gasteiger partial charge is 1.00 e. The van der Waals surface area contributed by atoms with Gasteiger partial charge in [-0.2, -0.15) is 15.0 Å². The molecule has 0 atom stereocenters. The van der Waals surface area contributed by atoms with Gasteiger partial charge in [0.1, 0.15) is 5.97 Å². The zero-order chi connectivity index (χ0) is 17.8.